The van der Waals surface area contributed by atoms with Gasteiger partial charge in [0, 0.05) is 15.4 Å². The average Bonchev–Trinajstić information content (AvgIpc) is 2.19. The molecule has 1 aromatic rings. The highest BCUT2D eigenvalue weighted by atomic mass is 127. The summed E-state index contributed by atoms with van der Waals surface area (Å²) in [5.41, 5.74) is 1.13. The second kappa shape index (κ2) is 5.80. The van der Waals surface area contributed by atoms with Crippen molar-refractivity contribution in [3.63, 3.8) is 0 Å². The molecule has 0 aliphatic heterocycles. The van der Waals surface area contributed by atoms with Gasteiger partial charge < -0.3 is 0 Å². The van der Waals surface area contributed by atoms with Crippen molar-refractivity contribution in [2.24, 2.45) is 5.41 Å². The molecule has 0 aromatic heterocycles. The first-order valence-corrected chi connectivity index (χ1v) is 6.75. The van der Waals surface area contributed by atoms with Crippen molar-refractivity contribution in [3.05, 3.63) is 33.4 Å². The van der Waals surface area contributed by atoms with E-state index in [1.165, 1.54) is 9.13 Å². The van der Waals surface area contributed by atoms with E-state index in [-0.39, 0.29) is 5.41 Å². The van der Waals surface area contributed by atoms with Crippen molar-refractivity contribution in [1.29, 1.82) is 0 Å². The molecule has 0 saturated carbocycles. The Bertz CT molecular complexity index is 346. The summed E-state index contributed by atoms with van der Waals surface area (Å²) in [7, 11) is 0. The summed E-state index contributed by atoms with van der Waals surface area (Å²) in [5.74, 6) is 0.359. The van der Waals surface area contributed by atoms with Crippen LogP contribution in [0.1, 0.15) is 39.2 Å². The first-order chi connectivity index (χ1) is 7.39. The normalized spacial score (nSPS) is 11.5. The maximum absolute atomic E-state index is 11.7. The van der Waals surface area contributed by atoms with E-state index in [0.717, 1.165) is 12.8 Å². The predicted molar refractivity (Wildman–Crippen MR) is 76.6 cm³/mol. The molecule has 0 fully saturated rings. The van der Waals surface area contributed by atoms with Gasteiger partial charge in [0.25, 0.3) is 0 Å². The Balaban J connectivity index is 2.36. The molecule has 0 N–H and O–H groups in total. The maximum atomic E-state index is 11.7. The van der Waals surface area contributed by atoms with Crippen LogP contribution in [0.5, 0.6) is 0 Å². The van der Waals surface area contributed by atoms with Crippen LogP contribution < -0.4 is 0 Å². The number of carbonyl (C=O) groups excluding carboxylic acids is 1. The maximum Gasteiger partial charge on any atom is 0.138 e. The Hall–Kier alpha value is -0.380. The molecule has 16 heavy (non-hydrogen) atoms. The lowest BCUT2D eigenvalue weighted by Gasteiger charge is -2.16. The topological polar surface area (TPSA) is 17.1 Å². The Morgan fingerprint density at radius 1 is 1.19 bits per heavy atom. The van der Waals surface area contributed by atoms with E-state index in [1.54, 1.807) is 0 Å². The van der Waals surface area contributed by atoms with E-state index in [2.05, 4.69) is 46.9 Å². The molecule has 88 valence electrons. The molecule has 0 aliphatic carbocycles. The number of halogens is 1. The monoisotopic (exact) mass is 330 g/mol. The molecule has 0 aliphatic rings. The molecule has 0 unspecified atom stereocenters. The smallest absolute Gasteiger partial charge is 0.138 e. The van der Waals surface area contributed by atoms with Gasteiger partial charge in [0.15, 0.2) is 0 Å². The van der Waals surface area contributed by atoms with Gasteiger partial charge in [0.05, 0.1) is 0 Å². The van der Waals surface area contributed by atoms with Crippen LogP contribution in [0.2, 0.25) is 0 Å². The lowest BCUT2D eigenvalue weighted by molar-refractivity contribution is -0.126. The van der Waals surface area contributed by atoms with Crippen LogP contribution in [0.25, 0.3) is 0 Å². The standard InChI is InChI=1S/C14H19IO/c1-14(2,3)13(16)6-4-5-11-7-9-12(15)10-8-11/h7-10H,4-6H2,1-3H3. The zero-order valence-electron chi connectivity index (χ0n) is 10.2. The molecular formula is C14H19IO. The number of ketones is 1. The predicted octanol–water partition coefficient (Wildman–Crippen LogP) is 4.23. The molecule has 0 heterocycles. The number of carbonyl (C=O) groups is 1. The van der Waals surface area contributed by atoms with Gasteiger partial charge in [-0.1, -0.05) is 32.9 Å². The van der Waals surface area contributed by atoms with Gasteiger partial charge in [0.1, 0.15) is 5.78 Å². The highest BCUT2D eigenvalue weighted by Crippen LogP contribution is 2.18. The molecule has 2 heteroatoms. The third kappa shape index (κ3) is 4.64. The second-order valence-corrected chi connectivity index (χ2v) is 6.40. The number of hydrogen-bond donors (Lipinski definition) is 0. The number of Topliss-reactive ketones (excluding diaryl/α,β-unsaturated/α-hetero) is 1. The van der Waals surface area contributed by atoms with Gasteiger partial charge in [-0.05, 0) is 53.1 Å². The summed E-state index contributed by atoms with van der Waals surface area (Å²) in [6.45, 7) is 5.96. The Kier molecular flexibility index (Phi) is 4.96. The summed E-state index contributed by atoms with van der Waals surface area (Å²) in [6, 6.07) is 8.51. The minimum atomic E-state index is -0.188. The lowest BCUT2D eigenvalue weighted by Crippen LogP contribution is -2.19. The van der Waals surface area contributed by atoms with Gasteiger partial charge in [-0.15, -0.1) is 0 Å². The summed E-state index contributed by atoms with van der Waals surface area (Å²) in [5, 5.41) is 0. The number of rotatable bonds is 4. The minimum Gasteiger partial charge on any atom is -0.299 e. The third-order valence-corrected chi connectivity index (χ3v) is 3.34. The summed E-state index contributed by atoms with van der Waals surface area (Å²) in [4.78, 5) is 11.7. The van der Waals surface area contributed by atoms with Gasteiger partial charge in [-0.2, -0.15) is 0 Å². The molecule has 0 amide bonds. The molecule has 1 nitrogen and oxygen atoms in total. The second-order valence-electron chi connectivity index (χ2n) is 5.15. The van der Waals surface area contributed by atoms with Crippen molar-refractivity contribution < 1.29 is 4.79 Å². The zero-order chi connectivity index (χ0) is 12.2. The van der Waals surface area contributed by atoms with Gasteiger partial charge >= 0.3 is 0 Å². The van der Waals surface area contributed by atoms with E-state index in [1.807, 2.05) is 20.8 Å². The minimum absolute atomic E-state index is 0.188. The number of aryl methyl sites for hydroxylation is 1. The van der Waals surface area contributed by atoms with Gasteiger partial charge in [-0.3, -0.25) is 4.79 Å². The van der Waals surface area contributed by atoms with E-state index in [4.69, 9.17) is 0 Å². The SMILES string of the molecule is CC(C)(C)C(=O)CCCc1ccc(I)cc1. The fraction of sp³-hybridized carbons (Fsp3) is 0.500. The van der Waals surface area contributed by atoms with Crippen LogP contribution in [0.3, 0.4) is 0 Å². The largest absolute Gasteiger partial charge is 0.299 e. The van der Waals surface area contributed by atoms with Crippen molar-refractivity contribution in [2.45, 2.75) is 40.0 Å². The summed E-state index contributed by atoms with van der Waals surface area (Å²) >= 11 is 2.30. The Labute approximate surface area is 112 Å². The number of hydrogen-bond acceptors (Lipinski definition) is 1. The lowest BCUT2D eigenvalue weighted by atomic mass is 9.87. The van der Waals surface area contributed by atoms with Crippen LogP contribution >= 0.6 is 22.6 Å². The molecule has 1 aromatic carbocycles. The average molecular weight is 330 g/mol. The molecule has 0 atom stereocenters. The molecule has 0 saturated heterocycles. The molecule has 1 rings (SSSR count). The zero-order valence-corrected chi connectivity index (χ0v) is 12.4. The summed E-state index contributed by atoms with van der Waals surface area (Å²) < 4.78 is 1.26. The van der Waals surface area contributed by atoms with Crippen molar-refractivity contribution >= 4 is 28.4 Å². The van der Waals surface area contributed by atoms with Crippen LogP contribution in [0.15, 0.2) is 24.3 Å². The highest BCUT2D eigenvalue weighted by molar-refractivity contribution is 14.1. The third-order valence-electron chi connectivity index (χ3n) is 2.62. The van der Waals surface area contributed by atoms with Crippen molar-refractivity contribution in [1.82, 2.24) is 0 Å². The highest BCUT2D eigenvalue weighted by Gasteiger charge is 2.19. The fourth-order valence-corrected chi connectivity index (χ4v) is 1.84. The first-order valence-electron chi connectivity index (χ1n) is 5.67. The van der Waals surface area contributed by atoms with Crippen LogP contribution in [0, 0.1) is 8.99 Å². The Morgan fingerprint density at radius 2 is 1.75 bits per heavy atom. The fourth-order valence-electron chi connectivity index (χ4n) is 1.48. The van der Waals surface area contributed by atoms with Crippen LogP contribution in [0.4, 0.5) is 0 Å². The first kappa shape index (κ1) is 13.7. The molecule has 0 bridgehead atoms. The van der Waals surface area contributed by atoms with E-state index >= 15 is 0 Å². The molecule has 0 radical (unpaired) electrons. The number of benzene rings is 1. The quantitative estimate of drug-likeness (QED) is 0.755. The van der Waals surface area contributed by atoms with Crippen molar-refractivity contribution in [2.75, 3.05) is 0 Å². The van der Waals surface area contributed by atoms with E-state index < -0.39 is 0 Å². The van der Waals surface area contributed by atoms with Crippen LogP contribution in [-0.2, 0) is 11.2 Å². The van der Waals surface area contributed by atoms with E-state index in [9.17, 15) is 4.79 Å². The van der Waals surface area contributed by atoms with Gasteiger partial charge in [0.2, 0.25) is 0 Å². The van der Waals surface area contributed by atoms with Crippen molar-refractivity contribution in [3.8, 4) is 0 Å². The van der Waals surface area contributed by atoms with E-state index in [0.29, 0.717) is 12.2 Å². The van der Waals surface area contributed by atoms with Crippen LogP contribution in [-0.4, -0.2) is 5.78 Å². The molecular weight excluding hydrogens is 311 g/mol. The Morgan fingerprint density at radius 3 is 2.25 bits per heavy atom. The molecule has 0 spiro atoms. The van der Waals surface area contributed by atoms with Gasteiger partial charge in [-0.25, -0.2) is 0 Å². The summed E-state index contributed by atoms with van der Waals surface area (Å²) in [6.07, 6.45) is 2.64.